The second-order valence-electron chi connectivity index (χ2n) is 6.97. The van der Waals surface area contributed by atoms with Crippen molar-refractivity contribution < 1.29 is 9.59 Å². The number of Topliss-reactive ketones (excluding diaryl/α,β-unsaturated/α-hetero) is 1. The van der Waals surface area contributed by atoms with E-state index in [9.17, 15) is 9.59 Å². The maximum Gasteiger partial charge on any atom is 0.227 e. The summed E-state index contributed by atoms with van der Waals surface area (Å²) in [4.78, 5) is 28.1. The summed E-state index contributed by atoms with van der Waals surface area (Å²) in [5.74, 6) is -0.108. The van der Waals surface area contributed by atoms with Gasteiger partial charge in [-0.05, 0) is 29.7 Å². The van der Waals surface area contributed by atoms with Crippen molar-refractivity contribution in [2.24, 2.45) is 0 Å². The summed E-state index contributed by atoms with van der Waals surface area (Å²) < 4.78 is 0. The predicted molar refractivity (Wildman–Crippen MR) is 115 cm³/mol. The molecule has 4 heteroatoms. The fourth-order valence-electron chi connectivity index (χ4n) is 3.66. The molecule has 29 heavy (non-hydrogen) atoms. The average Bonchev–Trinajstić information content (AvgIpc) is 2.76. The number of carbonyl (C=O) groups is 2. The van der Waals surface area contributed by atoms with E-state index in [1.807, 2.05) is 60.7 Å². The van der Waals surface area contributed by atoms with E-state index >= 15 is 0 Å². The highest BCUT2D eigenvalue weighted by molar-refractivity contribution is 6.35. The Morgan fingerprint density at radius 2 is 1.45 bits per heavy atom. The molecule has 0 saturated heterocycles. The van der Waals surface area contributed by atoms with Crippen LogP contribution in [0.3, 0.4) is 0 Å². The van der Waals surface area contributed by atoms with Gasteiger partial charge in [-0.25, -0.2) is 0 Å². The van der Waals surface area contributed by atoms with Crippen LogP contribution in [0.15, 0.2) is 90.5 Å². The normalized spacial score (nSPS) is 14.2. The number of allylic oxidation sites excluding steroid dienone is 1. The lowest BCUT2D eigenvalue weighted by atomic mass is 9.90. The van der Waals surface area contributed by atoms with E-state index in [4.69, 9.17) is 11.6 Å². The predicted octanol–water partition coefficient (Wildman–Crippen LogP) is 5.76. The second-order valence-corrected chi connectivity index (χ2v) is 7.37. The molecule has 3 aromatic rings. The monoisotopic (exact) mass is 401 g/mol. The third-order valence-corrected chi connectivity index (χ3v) is 5.40. The minimum Gasteiger partial charge on any atom is -0.307 e. The summed E-state index contributed by atoms with van der Waals surface area (Å²) in [6, 6.07) is 26.5. The van der Waals surface area contributed by atoms with Crippen LogP contribution in [0.25, 0.3) is 5.70 Å². The maximum atomic E-state index is 13.4. The average molecular weight is 402 g/mol. The highest BCUT2D eigenvalue weighted by Crippen LogP contribution is 2.35. The van der Waals surface area contributed by atoms with Gasteiger partial charge in [0, 0.05) is 17.6 Å². The van der Waals surface area contributed by atoms with Gasteiger partial charge < -0.3 is 4.90 Å². The van der Waals surface area contributed by atoms with Gasteiger partial charge in [0.25, 0.3) is 0 Å². The third-order valence-electron chi connectivity index (χ3n) is 5.07. The van der Waals surface area contributed by atoms with Crippen LogP contribution in [0.2, 0.25) is 5.02 Å². The Hall–Kier alpha value is -3.17. The number of ketones is 1. The van der Waals surface area contributed by atoms with Crippen molar-refractivity contribution in [1.82, 2.24) is 4.90 Å². The largest absolute Gasteiger partial charge is 0.307 e. The minimum atomic E-state index is -0.125. The summed E-state index contributed by atoms with van der Waals surface area (Å²) in [5, 5.41) is 0.420. The van der Waals surface area contributed by atoms with Crippen molar-refractivity contribution in [2.75, 3.05) is 0 Å². The number of benzene rings is 3. The van der Waals surface area contributed by atoms with Crippen molar-refractivity contribution in [1.29, 1.82) is 0 Å². The molecule has 0 unspecified atom stereocenters. The zero-order chi connectivity index (χ0) is 20.2. The second kappa shape index (κ2) is 8.46. The van der Waals surface area contributed by atoms with Gasteiger partial charge in [-0.2, -0.15) is 0 Å². The first kappa shape index (κ1) is 19.2. The molecule has 0 fully saturated rings. The number of rotatable bonds is 5. The summed E-state index contributed by atoms with van der Waals surface area (Å²) in [6.07, 6.45) is 0.701. The van der Waals surface area contributed by atoms with E-state index in [1.165, 1.54) is 0 Å². The Kier molecular flexibility index (Phi) is 5.59. The molecule has 4 rings (SSSR count). The smallest absolute Gasteiger partial charge is 0.227 e. The maximum absolute atomic E-state index is 13.4. The molecule has 3 aromatic carbocycles. The molecule has 1 amide bonds. The van der Waals surface area contributed by atoms with Gasteiger partial charge in [-0.15, -0.1) is 0 Å². The molecular formula is C25H20ClNO2. The van der Waals surface area contributed by atoms with E-state index in [1.54, 1.807) is 29.2 Å². The van der Waals surface area contributed by atoms with E-state index in [-0.39, 0.29) is 11.7 Å². The van der Waals surface area contributed by atoms with Gasteiger partial charge in [0.1, 0.15) is 0 Å². The Labute approximate surface area is 175 Å². The quantitative estimate of drug-likeness (QED) is 0.510. The van der Waals surface area contributed by atoms with Gasteiger partial charge in [0.15, 0.2) is 5.78 Å². The van der Waals surface area contributed by atoms with Crippen LogP contribution >= 0.6 is 11.6 Å². The summed E-state index contributed by atoms with van der Waals surface area (Å²) in [6.45, 7) is 0.420. The first-order chi connectivity index (χ1) is 14.1. The Bertz CT molecular complexity index is 1070. The first-order valence-corrected chi connectivity index (χ1v) is 9.95. The van der Waals surface area contributed by atoms with E-state index in [0.717, 1.165) is 11.1 Å². The molecule has 0 saturated carbocycles. The van der Waals surface area contributed by atoms with Crippen molar-refractivity contribution in [3.63, 3.8) is 0 Å². The lowest BCUT2D eigenvalue weighted by molar-refractivity contribution is -0.128. The number of amides is 1. The summed E-state index contributed by atoms with van der Waals surface area (Å²) in [5.41, 5.74) is 3.63. The number of hydrogen-bond donors (Lipinski definition) is 0. The molecule has 0 atom stereocenters. The molecule has 1 aliphatic rings. The SMILES string of the molecule is O=C(C1=C(c2ccccc2)N(Cc2ccccc2)C(=O)CC1)c1ccccc1Cl. The van der Waals surface area contributed by atoms with Gasteiger partial charge in [0.05, 0.1) is 17.3 Å². The Balaban J connectivity index is 1.86. The standard InChI is InChI=1S/C25H20ClNO2/c26-22-14-8-7-13-20(22)25(29)21-15-16-23(28)27(17-18-9-3-1-4-10-18)24(21)19-11-5-2-6-12-19/h1-14H,15-17H2. The van der Waals surface area contributed by atoms with Gasteiger partial charge in [0.2, 0.25) is 5.91 Å². The van der Waals surface area contributed by atoms with Crippen LogP contribution in [0, 0.1) is 0 Å². The van der Waals surface area contributed by atoms with Crippen molar-refractivity contribution in [2.45, 2.75) is 19.4 Å². The van der Waals surface area contributed by atoms with E-state index in [0.29, 0.717) is 41.2 Å². The number of carbonyl (C=O) groups excluding carboxylic acids is 2. The number of hydrogen-bond acceptors (Lipinski definition) is 2. The highest BCUT2D eigenvalue weighted by Gasteiger charge is 2.31. The van der Waals surface area contributed by atoms with Crippen molar-refractivity contribution in [3.05, 3.63) is 112 Å². The van der Waals surface area contributed by atoms with E-state index < -0.39 is 0 Å². The van der Waals surface area contributed by atoms with Gasteiger partial charge >= 0.3 is 0 Å². The van der Waals surface area contributed by atoms with Crippen LogP contribution in [0.1, 0.15) is 34.3 Å². The number of halogens is 1. The van der Waals surface area contributed by atoms with Gasteiger partial charge in [-0.1, -0.05) is 84.4 Å². The fraction of sp³-hybridized carbons (Fsp3) is 0.120. The molecule has 0 bridgehead atoms. The van der Waals surface area contributed by atoms with E-state index in [2.05, 4.69) is 0 Å². The molecule has 1 heterocycles. The summed E-state index contributed by atoms with van der Waals surface area (Å²) >= 11 is 6.30. The summed E-state index contributed by atoms with van der Waals surface area (Å²) in [7, 11) is 0. The molecular weight excluding hydrogens is 382 g/mol. The minimum absolute atomic E-state index is 0.0171. The van der Waals surface area contributed by atoms with Crippen molar-refractivity contribution >= 4 is 29.0 Å². The molecule has 0 N–H and O–H groups in total. The lowest BCUT2D eigenvalue weighted by Gasteiger charge is -2.32. The number of nitrogens with zero attached hydrogens (tertiary/aromatic N) is 1. The molecule has 0 radical (unpaired) electrons. The van der Waals surface area contributed by atoms with Crippen LogP contribution in [-0.2, 0) is 11.3 Å². The molecule has 0 spiro atoms. The van der Waals surface area contributed by atoms with Crippen LogP contribution in [-0.4, -0.2) is 16.6 Å². The lowest BCUT2D eigenvalue weighted by Crippen LogP contribution is -2.34. The van der Waals surface area contributed by atoms with Crippen molar-refractivity contribution in [3.8, 4) is 0 Å². The molecule has 1 aliphatic heterocycles. The fourth-order valence-corrected chi connectivity index (χ4v) is 3.88. The van der Waals surface area contributed by atoms with Crippen LogP contribution in [0.4, 0.5) is 0 Å². The molecule has 0 aliphatic carbocycles. The molecule has 144 valence electrons. The van der Waals surface area contributed by atoms with Crippen LogP contribution < -0.4 is 0 Å². The highest BCUT2D eigenvalue weighted by atomic mass is 35.5. The molecule has 0 aromatic heterocycles. The zero-order valence-electron chi connectivity index (χ0n) is 15.8. The molecule has 3 nitrogen and oxygen atoms in total. The third kappa shape index (κ3) is 4.01. The zero-order valence-corrected chi connectivity index (χ0v) is 16.6. The van der Waals surface area contributed by atoms with Crippen LogP contribution in [0.5, 0.6) is 0 Å². The first-order valence-electron chi connectivity index (χ1n) is 9.57. The topological polar surface area (TPSA) is 37.4 Å². The Morgan fingerprint density at radius 1 is 0.828 bits per heavy atom. The van der Waals surface area contributed by atoms with Gasteiger partial charge in [-0.3, -0.25) is 9.59 Å². The Morgan fingerprint density at radius 3 is 2.14 bits per heavy atom.